The molecule has 1 atom stereocenters. The SMILES string of the molecule is NC(Cc1c(F)cccc1F)c1ccc(I)cc1. The van der Waals surface area contributed by atoms with E-state index in [1.807, 2.05) is 24.3 Å². The van der Waals surface area contributed by atoms with Gasteiger partial charge in [-0.05, 0) is 58.8 Å². The summed E-state index contributed by atoms with van der Waals surface area (Å²) in [5, 5.41) is 0. The summed E-state index contributed by atoms with van der Waals surface area (Å²) in [5.74, 6) is -1.09. The highest BCUT2D eigenvalue weighted by Crippen LogP contribution is 2.21. The lowest BCUT2D eigenvalue weighted by molar-refractivity contribution is 0.540. The molecule has 0 saturated heterocycles. The molecule has 2 N–H and O–H groups in total. The van der Waals surface area contributed by atoms with Crippen molar-refractivity contribution in [2.75, 3.05) is 0 Å². The molecule has 0 radical (unpaired) electrons. The maximum atomic E-state index is 13.5. The molecule has 0 saturated carbocycles. The van der Waals surface area contributed by atoms with Crippen LogP contribution < -0.4 is 5.73 Å². The van der Waals surface area contributed by atoms with Gasteiger partial charge in [-0.15, -0.1) is 0 Å². The quantitative estimate of drug-likeness (QED) is 0.829. The Bertz CT molecular complexity index is 520. The van der Waals surface area contributed by atoms with E-state index in [0.717, 1.165) is 9.13 Å². The smallest absolute Gasteiger partial charge is 0.129 e. The zero-order valence-corrected chi connectivity index (χ0v) is 11.7. The van der Waals surface area contributed by atoms with E-state index in [1.165, 1.54) is 18.2 Å². The second-order valence-electron chi connectivity index (χ2n) is 4.06. The van der Waals surface area contributed by atoms with Crippen LogP contribution in [0.3, 0.4) is 0 Å². The largest absolute Gasteiger partial charge is 0.324 e. The van der Waals surface area contributed by atoms with Gasteiger partial charge in [-0.3, -0.25) is 0 Å². The van der Waals surface area contributed by atoms with Gasteiger partial charge in [-0.2, -0.15) is 0 Å². The second kappa shape index (κ2) is 5.75. The van der Waals surface area contributed by atoms with E-state index in [9.17, 15) is 8.78 Å². The van der Waals surface area contributed by atoms with Gasteiger partial charge in [0, 0.05) is 15.2 Å². The molecule has 0 aromatic heterocycles. The fraction of sp³-hybridized carbons (Fsp3) is 0.143. The number of hydrogen-bond donors (Lipinski definition) is 1. The minimum absolute atomic E-state index is 0.0450. The lowest BCUT2D eigenvalue weighted by Crippen LogP contribution is -2.15. The Balaban J connectivity index is 2.21. The van der Waals surface area contributed by atoms with Crippen LogP contribution in [0.15, 0.2) is 42.5 Å². The molecule has 1 nitrogen and oxygen atoms in total. The van der Waals surface area contributed by atoms with Gasteiger partial charge in [-0.1, -0.05) is 18.2 Å². The maximum Gasteiger partial charge on any atom is 0.129 e. The van der Waals surface area contributed by atoms with Crippen LogP contribution in [0.5, 0.6) is 0 Å². The van der Waals surface area contributed by atoms with Gasteiger partial charge >= 0.3 is 0 Å². The van der Waals surface area contributed by atoms with Gasteiger partial charge in [0.15, 0.2) is 0 Å². The molecule has 1 unspecified atom stereocenters. The van der Waals surface area contributed by atoms with Crippen molar-refractivity contribution in [3.8, 4) is 0 Å². The van der Waals surface area contributed by atoms with Crippen molar-refractivity contribution in [1.29, 1.82) is 0 Å². The molecule has 2 rings (SSSR count). The van der Waals surface area contributed by atoms with Gasteiger partial charge in [0.05, 0.1) is 0 Å². The summed E-state index contributed by atoms with van der Waals surface area (Å²) in [6.45, 7) is 0. The molecular formula is C14H12F2IN. The van der Waals surface area contributed by atoms with Crippen molar-refractivity contribution in [2.45, 2.75) is 12.5 Å². The second-order valence-corrected chi connectivity index (χ2v) is 5.31. The van der Waals surface area contributed by atoms with Crippen molar-refractivity contribution < 1.29 is 8.78 Å². The summed E-state index contributed by atoms with van der Waals surface area (Å²) in [6.07, 6.45) is 0.152. The normalized spacial score (nSPS) is 12.4. The molecule has 0 heterocycles. The number of hydrogen-bond acceptors (Lipinski definition) is 1. The van der Waals surface area contributed by atoms with Gasteiger partial charge in [0.2, 0.25) is 0 Å². The Morgan fingerprint density at radius 2 is 1.56 bits per heavy atom. The maximum absolute atomic E-state index is 13.5. The Morgan fingerprint density at radius 1 is 1.00 bits per heavy atom. The van der Waals surface area contributed by atoms with Crippen LogP contribution in [0.2, 0.25) is 0 Å². The predicted molar refractivity (Wildman–Crippen MR) is 76.1 cm³/mol. The minimum atomic E-state index is -0.545. The van der Waals surface area contributed by atoms with Crippen molar-refractivity contribution in [3.63, 3.8) is 0 Å². The molecule has 94 valence electrons. The highest BCUT2D eigenvalue weighted by molar-refractivity contribution is 14.1. The molecule has 0 amide bonds. The first-order chi connectivity index (χ1) is 8.58. The monoisotopic (exact) mass is 359 g/mol. The van der Waals surface area contributed by atoms with Crippen LogP contribution >= 0.6 is 22.6 Å². The van der Waals surface area contributed by atoms with Gasteiger partial charge in [0.1, 0.15) is 11.6 Å². The van der Waals surface area contributed by atoms with Crippen molar-refractivity contribution in [2.24, 2.45) is 5.73 Å². The van der Waals surface area contributed by atoms with Crippen LogP contribution in [-0.4, -0.2) is 0 Å². The molecule has 0 bridgehead atoms. The number of nitrogens with two attached hydrogens (primary N) is 1. The molecule has 2 aromatic carbocycles. The summed E-state index contributed by atoms with van der Waals surface area (Å²) in [7, 11) is 0. The third-order valence-electron chi connectivity index (χ3n) is 2.78. The standard InChI is InChI=1S/C14H12F2IN/c15-12-2-1-3-13(16)11(12)8-14(18)9-4-6-10(17)7-5-9/h1-7,14H,8,18H2. The van der Waals surface area contributed by atoms with Gasteiger partial charge in [-0.25, -0.2) is 8.78 Å². The summed E-state index contributed by atoms with van der Waals surface area (Å²) < 4.78 is 28.1. The molecule has 0 aliphatic carbocycles. The molecule has 0 fully saturated rings. The van der Waals surface area contributed by atoms with Crippen LogP contribution in [0.25, 0.3) is 0 Å². The van der Waals surface area contributed by atoms with E-state index in [4.69, 9.17) is 5.73 Å². The Kier molecular flexibility index (Phi) is 4.29. The average molecular weight is 359 g/mol. The third-order valence-corrected chi connectivity index (χ3v) is 3.50. The van der Waals surface area contributed by atoms with Crippen molar-refractivity contribution >= 4 is 22.6 Å². The lowest BCUT2D eigenvalue weighted by Gasteiger charge is -2.13. The summed E-state index contributed by atoms with van der Waals surface area (Å²) in [5.41, 5.74) is 6.90. The number of halogens is 3. The molecular weight excluding hydrogens is 347 g/mol. The van der Waals surface area contributed by atoms with Crippen molar-refractivity contribution in [1.82, 2.24) is 0 Å². The summed E-state index contributed by atoms with van der Waals surface area (Å²) in [6, 6.07) is 11.0. The first-order valence-electron chi connectivity index (χ1n) is 5.52. The van der Waals surface area contributed by atoms with Crippen LogP contribution in [0, 0.1) is 15.2 Å². The van der Waals surface area contributed by atoms with Gasteiger partial charge < -0.3 is 5.73 Å². The van der Waals surface area contributed by atoms with Crippen LogP contribution in [-0.2, 0) is 6.42 Å². The predicted octanol–water partition coefficient (Wildman–Crippen LogP) is 3.81. The number of benzene rings is 2. The van der Waals surface area contributed by atoms with E-state index in [2.05, 4.69) is 22.6 Å². The molecule has 2 aromatic rings. The average Bonchev–Trinajstić information content (AvgIpc) is 2.34. The van der Waals surface area contributed by atoms with Gasteiger partial charge in [0.25, 0.3) is 0 Å². The summed E-state index contributed by atoms with van der Waals surface area (Å²) >= 11 is 2.19. The fourth-order valence-corrected chi connectivity index (χ4v) is 2.13. The Morgan fingerprint density at radius 3 is 2.11 bits per heavy atom. The Labute approximate surface area is 118 Å². The highest BCUT2D eigenvalue weighted by atomic mass is 127. The first-order valence-corrected chi connectivity index (χ1v) is 6.59. The van der Waals surface area contributed by atoms with Crippen LogP contribution in [0.4, 0.5) is 8.78 Å². The molecule has 4 heteroatoms. The Hall–Kier alpha value is -1.01. The zero-order valence-electron chi connectivity index (χ0n) is 9.54. The first kappa shape index (κ1) is 13.4. The van der Waals surface area contributed by atoms with E-state index >= 15 is 0 Å². The zero-order chi connectivity index (χ0) is 13.1. The van der Waals surface area contributed by atoms with Crippen LogP contribution in [0.1, 0.15) is 17.2 Å². The highest BCUT2D eigenvalue weighted by Gasteiger charge is 2.14. The van der Waals surface area contributed by atoms with E-state index < -0.39 is 17.7 Å². The fourth-order valence-electron chi connectivity index (χ4n) is 1.78. The van der Waals surface area contributed by atoms with E-state index in [0.29, 0.717) is 0 Å². The topological polar surface area (TPSA) is 26.0 Å². The third kappa shape index (κ3) is 3.05. The van der Waals surface area contributed by atoms with Crippen molar-refractivity contribution in [3.05, 3.63) is 68.8 Å². The number of rotatable bonds is 3. The lowest BCUT2D eigenvalue weighted by atomic mass is 9.99. The van der Waals surface area contributed by atoms with E-state index in [1.54, 1.807) is 0 Å². The molecule has 0 aliphatic heterocycles. The summed E-state index contributed by atoms with van der Waals surface area (Å²) in [4.78, 5) is 0. The minimum Gasteiger partial charge on any atom is -0.324 e. The van der Waals surface area contributed by atoms with E-state index in [-0.39, 0.29) is 12.0 Å². The molecule has 0 spiro atoms. The molecule has 18 heavy (non-hydrogen) atoms. The molecule has 0 aliphatic rings.